The van der Waals surface area contributed by atoms with E-state index in [1.807, 2.05) is 0 Å². The number of benzene rings is 1. The van der Waals surface area contributed by atoms with E-state index in [1.54, 1.807) is 24.3 Å². The van der Waals surface area contributed by atoms with Crippen LogP contribution < -0.4 is 26.0 Å². The Kier molecular flexibility index (Phi) is 4.89. The normalized spacial score (nSPS) is 10.7. The van der Waals surface area contributed by atoms with Crippen molar-refractivity contribution in [2.24, 2.45) is 0 Å². The van der Waals surface area contributed by atoms with E-state index in [9.17, 15) is 9.90 Å². The van der Waals surface area contributed by atoms with Gasteiger partial charge in [-0.05, 0) is 16.8 Å². The molecule has 10 nitrogen and oxygen atoms in total. The van der Waals surface area contributed by atoms with E-state index in [4.69, 9.17) is 16.2 Å². The van der Waals surface area contributed by atoms with Crippen molar-refractivity contribution in [3.05, 3.63) is 36.0 Å². The van der Waals surface area contributed by atoms with Gasteiger partial charge in [-0.3, -0.25) is 4.79 Å². The molecule has 0 unspecified atom stereocenters. The lowest BCUT2D eigenvalue weighted by Crippen LogP contribution is -2.39. The number of hydrogen-bond donors (Lipinski definition) is 2. The Labute approximate surface area is 151 Å². The first-order chi connectivity index (χ1) is 12.5. The Bertz CT molecular complexity index is 924. The van der Waals surface area contributed by atoms with Crippen LogP contribution in [0.15, 0.2) is 40.0 Å². The van der Waals surface area contributed by atoms with Crippen LogP contribution in [0.1, 0.15) is 10.5 Å². The van der Waals surface area contributed by atoms with Gasteiger partial charge < -0.3 is 25.8 Å². The molecule has 0 aliphatic heterocycles. The number of rotatable bonds is 6. The van der Waals surface area contributed by atoms with Crippen LogP contribution in [0.25, 0.3) is 5.69 Å². The van der Waals surface area contributed by atoms with Crippen molar-refractivity contribution in [3.8, 4) is 17.4 Å². The minimum absolute atomic E-state index is 0.116. The van der Waals surface area contributed by atoms with Gasteiger partial charge in [-0.25, -0.2) is 9.97 Å². The fourth-order valence-corrected chi connectivity index (χ4v) is 2.84. The summed E-state index contributed by atoms with van der Waals surface area (Å²) < 4.78 is 10.9. The van der Waals surface area contributed by atoms with Crippen LogP contribution in [-0.4, -0.2) is 33.9 Å². The van der Waals surface area contributed by atoms with Crippen LogP contribution in [-0.2, 0) is 0 Å². The average molecular weight is 374 g/mol. The molecule has 0 fully saturated rings. The number of Topliss-reactive ketones (excluding diaryl/α,β-unsaturated/α-hetero) is 1. The Morgan fingerprint density at radius 3 is 2.54 bits per heavy atom. The molecule has 0 spiro atoms. The lowest BCUT2D eigenvalue weighted by molar-refractivity contribution is -0.672. The number of carbonyl (C=O) groups is 1. The van der Waals surface area contributed by atoms with Gasteiger partial charge in [-0.15, -0.1) is 0 Å². The molecule has 2 aromatic heterocycles. The zero-order valence-electron chi connectivity index (χ0n) is 13.6. The van der Waals surface area contributed by atoms with Crippen LogP contribution >= 0.6 is 11.8 Å². The number of aromatic nitrogens is 4. The minimum Gasteiger partial charge on any atom is -0.539 e. The number of ether oxygens (including phenoxy) is 1. The second-order valence-electron chi connectivity index (χ2n) is 5.03. The second kappa shape index (κ2) is 7.27. The summed E-state index contributed by atoms with van der Waals surface area (Å²) in [6.07, 6.45) is 0. The first-order valence-electron chi connectivity index (χ1n) is 7.27. The maximum atomic E-state index is 12.5. The van der Waals surface area contributed by atoms with Crippen LogP contribution in [0.5, 0.6) is 11.7 Å². The highest BCUT2D eigenvalue weighted by Gasteiger charge is 2.27. The smallest absolute Gasteiger partial charge is 0.307 e. The van der Waals surface area contributed by atoms with E-state index in [0.717, 1.165) is 16.4 Å². The molecule has 0 radical (unpaired) electrons. The zero-order chi connectivity index (χ0) is 18.7. The van der Waals surface area contributed by atoms with Gasteiger partial charge in [0.25, 0.3) is 0 Å². The predicted octanol–water partition coefficient (Wildman–Crippen LogP) is -0.0371. The van der Waals surface area contributed by atoms with Crippen molar-refractivity contribution in [2.45, 2.75) is 5.16 Å². The topological polar surface area (TPSA) is 157 Å². The van der Waals surface area contributed by atoms with Crippen LogP contribution in [0.3, 0.4) is 0 Å². The van der Waals surface area contributed by atoms with Crippen molar-refractivity contribution in [2.75, 3.05) is 24.3 Å². The lowest BCUT2D eigenvalue weighted by Gasteiger charge is -2.02. The maximum absolute atomic E-state index is 12.5. The molecule has 0 aliphatic rings. The van der Waals surface area contributed by atoms with Gasteiger partial charge >= 0.3 is 5.69 Å². The van der Waals surface area contributed by atoms with Crippen LogP contribution in [0.2, 0.25) is 0 Å². The van der Waals surface area contributed by atoms with E-state index in [2.05, 4.69) is 19.8 Å². The molecule has 3 rings (SSSR count). The van der Waals surface area contributed by atoms with Gasteiger partial charge in [0, 0.05) is 18.2 Å². The van der Waals surface area contributed by atoms with Gasteiger partial charge in [0.1, 0.15) is 17.4 Å². The lowest BCUT2D eigenvalue weighted by atomic mass is 10.2. The number of thioether (sulfide) groups is 1. The summed E-state index contributed by atoms with van der Waals surface area (Å²) in [5, 5.41) is 15.8. The van der Waals surface area contributed by atoms with Crippen molar-refractivity contribution in [1.29, 1.82) is 0 Å². The fourth-order valence-electron chi connectivity index (χ4n) is 2.10. The number of nitrogens with zero attached hydrogens (tertiary/aromatic N) is 4. The summed E-state index contributed by atoms with van der Waals surface area (Å²) in [6, 6.07) is 8.04. The van der Waals surface area contributed by atoms with Crippen LogP contribution in [0.4, 0.5) is 11.6 Å². The van der Waals surface area contributed by atoms with E-state index < -0.39 is 11.7 Å². The van der Waals surface area contributed by atoms with Crippen molar-refractivity contribution in [1.82, 2.24) is 15.2 Å². The monoisotopic (exact) mass is 374 g/mol. The molecule has 4 N–H and O–H groups in total. The number of carbonyl (C=O) groups excluding carboxylic acids is 1. The SMILES string of the molecule is COc1ccc(-[n+]2noc([O-])c2C(=O)CSc2nc(N)cc(N)n2)cc1. The highest BCUT2D eigenvalue weighted by atomic mass is 32.2. The van der Waals surface area contributed by atoms with Gasteiger partial charge in [0.05, 0.1) is 18.1 Å². The van der Waals surface area contributed by atoms with E-state index in [-0.39, 0.29) is 28.2 Å². The molecular formula is C15H14N6O4S. The summed E-state index contributed by atoms with van der Waals surface area (Å²) in [6.45, 7) is 0. The summed E-state index contributed by atoms with van der Waals surface area (Å²) in [5.74, 6) is -0.443. The number of ketones is 1. The quantitative estimate of drug-likeness (QED) is 0.260. The Balaban J connectivity index is 1.82. The Hall–Kier alpha value is -3.34. The third kappa shape index (κ3) is 3.67. The zero-order valence-corrected chi connectivity index (χ0v) is 14.4. The number of anilines is 2. The predicted molar refractivity (Wildman–Crippen MR) is 89.9 cm³/mol. The summed E-state index contributed by atoms with van der Waals surface area (Å²) in [5.41, 5.74) is 11.5. The molecule has 11 heteroatoms. The molecule has 0 saturated heterocycles. The van der Waals surface area contributed by atoms with Gasteiger partial charge in [0.2, 0.25) is 11.5 Å². The van der Waals surface area contributed by atoms with E-state index >= 15 is 0 Å². The molecule has 0 aliphatic carbocycles. The van der Waals surface area contributed by atoms with Crippen molar-refractivity contribution < 1.29 is 23.8 Å². The fraction of sp³-hybridized carbons (Fsp3) is 0.133. The standard InChI is InChI=1S/C15H14N6O4S/c1-24-9-4-2-8(3-5-9)21-13(14(23)25-20-21)10(22)7-26-15-18-11(16)6-12(17)19-15/h2-6H,7H2,1H3,(H4-,16,17,18,19,20,22,23). The molecule has 26 heavy (non-hydrogen) atoms. The molecule has 3 aromatic rings. The highest BCUT2D eigenvalue weighted by Crippen LogP contribution is 2.20. The number of nitrogens with two attached hydrogens (primary N) is 2. The Morgan fingerprint density at radius 1 is 1.27 bits per heavy atom. The molecule has 0 atom stereocenters. The molecule has 0 amide bonds. The first kappa shape index (κ1) is 17.5. The maximum Gasteiger partial charge on any atom is 0.307 e. The van der Waals surface area contributed by atoms with Gasteiger partial charge in [-0.1, -0.05) is 11.8 Å². The molecule has 0 bridgehead atoms. The third-order valence-electron chi connectivity index (χ3n) is 3.27. The van der Waals surface area contributed by atoms with Crippen LogP contribution in [0, 0.1) is 0 Å². The molecular weight excluding hydrogens is 360 g/mol. The van der Waals surface area contributed by atoms with E-state index in [1.165, 1.54) is 13.2 Å². The Morgan fingerprint density at radius 2 is 1.92 bits per heavy atom. The second-order valence-corrected chi connectivity index (χ2v) is 5.97. The minimum atomic E-state index is -0.834. The van der Waals surface area contributed by atoms with Crippen molar-refractivity contribution in [3.63, 3.8) is 0 Å². The molecule has 134 valence electrons. The summed E-state index contributed by atoms with van der Waals surface area (Å²) >= 11 is 1.00. The van der Waals surface area contributed by atoms with Gasteiger partial charge in [-0.2, -0.15) is 0 Å². The third-order valence-corrected chi connectivity index (χ3v) is 4.12. The number of methoxy groups -OCH3 is 1. The average Bonchev–Trinajstić information content (AvgIpc) is 3.00. The van der Waals surface area contributed by atoms with Crippen molar-refractivity contribution >= 4 is 29.2 Å². The van der Waals surface area contributed by atoms with E-state index in [0.29, 0.717) is 11.4 Å². The first-order valence-corrected chi connectivity index (χ1v) is 8.26. The molecule has 2 heterocycles. The number of nitrogen functional groups attached to an aromatic ring is 2. The summed E-state index contributed by atoms with van der Waals surface area (Å²) in [4.78, 5) is 20.4. The van der Waals surface area contributed by atoms with Gasteiger partial charge in [0.15, 0.2) is 11.1 Å². The highest BCUT2D eigenvalue weighted by molar-refractivity contribution is 7.99. The largest absolute Gasteiger partial charge is 0.539 e. The molecule has 0 saturated carbocycles. The molecule has 1 aromatic carbocycles. The number of hydrogen-bond acceptors (Lipinski definition) is 10. The summed E-state index contributed by atoms with van der Waals surface area (Å²) in [7, 11) is 1.53.